The van der Waals surface area contributed by atoms with Gasteiger partial charge in [-0.15, -0.1) is 0 Å². The Balaban J connectivity index is 2.92. The van der Waals surface area contributed by atoms with Crippen LogP contribution in [-0.4, -0.2) is 24.7 Å². The van der Waals surface area contributed by atoms with Gasteiger partial charge in [-0.1, -0.05) is 6.07 Å². The molecule has 0 spiro atoms. The second kappa shape index (κ2) is 5.32. The Labute approximate surface area is 99.4 Å². The van der Waals surface area contributed by atoms with Gasteiger partial charge >= 0.3 is 12.3 Å². The van der Waals surface area contributed by atoms with E-state index >= 15 is 0 Å². The first-order valence-electron chi connectivity index (χ1n) is 4.84. The lowest BCUT2D eigenvalue weighted by Gasteiger charge is -2.17. The molecule has 2 nitrogen and oxygen atoms in total. The number of halogens is 5. The fraction of sp³-hybridized carbons (Fsp3) is 0.364. The molecule has 0 fully saturated rings. The number of benzene rings is 1. The van der Waals surface area contributed by atoms with Crippen molar-refractivity contribution in [1.82, 2.24) is 0 Å². The smallest absolute Gasteiger partial charge is 0.340 e. The summed E-state index contributed by atoms with van der Waals surface area (Å²) in [5.74, 6) is -6.55. The molecule has 0 amide bonds. The van der Waals surface area contributed by atoms with E-state index in [1.807, 2.05) is 0 Å². The Hall–Kier alpha value is -1.66. The number of carbonyl (C=O) groups is 1. The molecule has 0 heterocycles. The van der Waals surface area contributed by atoms with Crippen LogP contribution in [0.3, 0.4) is 0 Å². The summed E-state index contributed by atoms with van der Waals surface area (Å²) in [6, 6.07) is 3.12. The highest BCUT2D eigenvalue weighted by atomic mass is 19.3. The normalized spacial score (nSPS) is 11.7. The van der Waals surface area contributed by atoms with E-state index in [0.29, 0.717) is 0 Å². The van der Waals surface area contributed by atoms with Crippen LogP contribution in [0.15, 0.2) is 18.2 Å². The van der Waals surface area contributed by atoms with Gasteiger partial charge in [-0.05, 0) is 19.1 Å². The van der Waals surface area contributed by atoms with Crippen molar-refractivity contribution in [2.75, 3.05) is 6.61 Å². The van der Waals surface area contributed by atoms with Crippen molar-refractivity contribution >= 4 is 5.78 Å². The van der Waals surface area contributed by atoms with Gasteiger partial charge in [0.05, 0.1) is 5.56 Å². The van der Waals surface area contributed by atoms with Crippen molar-refractivity contribution in [1.29, 1.82) is 0 Å². The largest absolute Gasteiger partial charge is 0.486 e. The molecule has 0 unspecified atom stereocenters. The minimum atomic E-state index is -4.36. The average molecular weight is 268 g/mol. The fourth-order valence-corrected chi connectivity index (χ4v) is 1.20. The van der Waals surface area contributed by atoms with E-state index in [2.05, 4.69) is 4.74 Å². The van der Waals surface area contributed by atoms with Gasteiger partial charge in [0.1, 0.15) is 11.6 Å². The van der Waals surface area contributed by atoms with Gasteiger partial charge in [-0.25, -0.2) is 13.2 Å². The number of hydrogen-bond donors (Lipinski definition) is 0. The van der Waals surface area contributed by atoms with Gasteiger partial charge in [0, 0.05) is 0 Å². The van der Waals surface area contributed by atoms with E-state index in [0.717, 1.165) is 25.1 Å². The van der Waals surface area contributed by atoms with Gasteiger partial charge in [0.2, 0.25) is 0 Å². The lowest BCUT2D eigenvalue weighted by Crippen LogP contribution is -2.34. The summed E-state index contributed by atoms with van der Waals surface area (Å²) in [7, 11) is 0. The topological polar surface area (TPSA) is 26.3 Å². The van der Waals surface area contributed by atoms with Crippen LogP contribution in [0.4, 0.5) is 22.0 Å². The van der Waals surface area contributed by atoms with Crippen LogP contribution in [0.5, 0.6) is 5.75 Å². The minimum Gasteiger partial charge on any atom is -0.486 e. The maximum absolute atomic E-state index is 13.2. The lowest BCUT2D eigenvalue weighted by atomic mass is 10.1. The molecule has 0 saturated heterocycles. The Kier molecular flexibility index (Phi) is 4.26. The van der Waals surface area contributed by atoms with E-state index in [1.54, 1.807) is 0 Å². The van der Waals surface area contributed by atoms with Crippen LogP contribution < -0.4 is 4.74 Å². The van der Waals surface area contributed by atoms with E-state index < -0.39 is 41.9 Å². The van der Waals surface area contributed by atoms with Crippen molar-refractivity contribution in [3.05, 3.63) is 29.6 Å². The quantitative estimate of drug-likeness (QED) is 0.605. The van der Waals surface area contributed by atoms with Crippen molar-refractivity contribution < 1.29 is 31.5 Å². The van der Waals surface area contributed by atoms with Gasteiger partial charge in [-0.2, -0.15) is 8.78 Å². The van der Waals surface area contributed by atoms with E-state index in [9.17, 15) is 26.7 Å². The van der Waals surface area contributed by atoms with Crippen LogP contribution >= 0.6 is 0 Å². The summed E-state index contributed by atoms with van der Waals surface area (Å²) in [4.78, 5) is 11.1. The maximum Gasteiger partial charge on any atom is 0.340 e. The highest BCUT2D eigenvalue weighted by Crippen LogP contribution is 2.27. The first kappa shape index (κ1) is 14.4. The Morgan fingerprint density at radius 1 is 1.39 bits per heavy atom. The van der Waals surface area contributed by atoms with Crippen molar-refractivity contribution in [2.24, 2.45) is 0 Å². The maximum atomic E-state index is 13.2. The second-order valence-corrected chi connectivity index (χ2v) is 3.52. The van der Waals surface area contributed by atoms with Crippen LogP contribution in [0.1, 0.15) is 17.3 Å². The zero-order valence-corrected chi connectivity index (χ0v) is 9.22. The molecule has 0 bridgehead atoms. The Morgan fingerprint density at radius 3 is 2.50 bits per heavy atom. The third-order valence-electron chi connectivity index (χ3n) is 2.07. The molecule has 0 aliphatic carbocycles. The molecule has 0 aliphatic rings. The highest BCUT2D eigenvalue weighted by molar-refractivity contribution is 5.97. The summed E-state index contributed by atoms with van der Waals surface area (Å²) in [6.07, 6.45) is -3.90. The first-order valence-corrected chi connectivity index (χ1v) is 4.84. The third-order valence-corrected chi connectivity index (χ3v) is 2.07. The lowest BCUT2D eigenvalue weighted by molar-refractivity contribution is -0.148. The van der Waals surface area contributed by atoms with Crippen molar-refractivity contribution in [3.8, 4) is 5.75 Å². The monoisotopic (exact) mass is 268 g/mol. The first-order chi connectivity index (χ1) is 8.25. The van der Waals surface area contributed by atoms with Crippen molar-refractivity contribution in [2.45, 2.75) is 19.3 Å². The van der Waals surface area contributed by atoms with Crippen LogP contribution in [-0.2, 0) is 0 Å². The van der Waals surface area contributed by atoms with Gasteiger partial charge in [0.25, 0.3) is 0 Å². The minimum absolute atomic E-state index is 0.483. The molecule has 0 saturated carbocycles. The van der Waals surface area contributed by atoms with Crippen LogP contribution in [0, 0.1) is 5.82 Å². The number of alkyl halides is 4. The number of ketones is 1. The van der Waals surface area contributed by atoms with Crippen LogP contribution in [0.25, 0.3) is 0 Å². The van der Waals surface area contributed by atoms with Gasteiger partial charge < -0.3 is 4.74 Å². The number of Topliss-reactive ketones (excluding diaryl/α,β-unsaturated/α-hetero) is 1. The summed E-state index contributed by atoms with van der Waals surface area (Å²) in [6.45, 7) is -0.620. The van der Waals surface area contributed by atoms with Crippen molar-refractivity contribution in [3.63, 3.8) is 0 Å². The second-order valence-electron chi connectivity index (χ2n) is 3.52. The Morgan fingerprint density at radius 2 is 2.00 bits per heavy atom. The molecule has 0 atom stereocenters. The molecule has 0 aromatic heterocycles. The molecule has 0 radical (unpaired) electrons. The molecule has 18 heavy (non-hydrogen) atoms. The fourth-order valence-electron chi connectivity index (χ4n) is 1.20. The van der Waals surface area contributed by atoms with E-state index in [1.165, 1.54) is 0 Å². The number of hydrogen-bond acceptors (Lipinski definition) is 2. The third kappa shape index (κ3) is 3.18. The number of rotatable bonds is 5. The average Bonchev–Trinajstić information content (AvgIpc) is 2.25. The predicted octanol–water partition coefficient (Wildman–Crippen LogP) is 3.31. The summed E-state index contributed by atoms with van der Waals surface area (Å²) >= 11 is 0. The summed E-state index contributed by atoms with van der Waals surface area (Å²) in [5, 5.41) is 0. The molecule has 7 heteroatoms. The predicted molar refractivity (Wildman–Crippen MR) is 52.9 cm³/mol. The molecular weight excluding hydrogens is 259 g/mol. The zero-order valence-electron chi connectivity index (χ0n) is 9.22. The molecular formula is C11H9F5O2. The summed E-state index contributed by atoms with van der Waals surface area (Å²) < 4.78 is 66.6. The number of ether oxygens (including phenoxy) is 1. The van der Waals surface area contributed by atoms with Gasteiger partial charge in [-0.3, -0.25) is 4.79 Å². The zero-order chi connectivity index (χ0) is 13.9. The van der Waals surface area contributed by atoms with E-state index in [4.69, 9.17) is 0 Å². The molecule has 0 N–H and O–H groups in total. The summed E-state index contributed by atoms with van der Waals surface area (Å²) in [5.41, 5.74) is -0.539. The molecule has 1 aromatic carbocycles. The van der Waals surface area contributed by atoms with E-state index in [-0.39, 0.29) is 0 Å². The Bertz CT molecular complexity index is 445. The van der Waals surface area contributed by atoms with Crippen LogP contribution in [0.2, 0.25) is 0 Å². The standard InChI is InChI=1S/C11H9F5O2/c1-6(17)9-7(12)3-2-4-8(9)18-5-11(15,16)10(13)14/h2-4,10H,5H2,1H3. The molecule has 1 rings (SSSR count). The SMILES string of the molecule is CC(=O)c1c(F)cccc1OCC(F)(F)C(F)F. The molecule has 100 valence electrons. The highest BCUT2D eigenvalue weighted by Gasteiger charge is 2.42. The molecule has 0 aliphatic heterocycles. The molecule has 1 aromatic rings. The van der Waals surface area contributed by atoms with Gasteiger partial charge in [0.15, 0.2) is 12.4 Å². The number of carbonyl (C=O) groups excluding carboxylic acids is 1.